The number of hydrogen-bond acceptors (Lipinski definition) is 13. The Morgan fingerprint density at radius 1 is 0.793 bits per heavy atom. The van der Waals surface area contributed by atoms with Crippen molar-refractivity contribution in [1.82, 2.24) is 31.1 Å². The van der Waals surface area contributed by atoms with Crippen molar-refractivity contribution in [3.8, 4) is 0 Å². The molecule has 5 fully saturated rings. The van der Waals surface area contributed by atoms with Gasteiger partial charge in [0.2, 0.25) is 45.8 Å². The molecular formula is C60H94N8O13S. The molecule has 0 spiro atoms. The average molecular weight is 1170 g/mol. The largest absolute Gasteiger partial charge is 0.726 e. The Morgan fingerprint density at radius 3 is 2.07 bits per heavy atom. The van der Waals surface area contributed by atoms with E-state index in [0.717, 1.165) is 50.0 Å². The number of rotatable bonds is 22. The number of ether oxygens (including phenoxy) is 1. The van der Waals surface area contributed by atoms with Crippen LogP contribution in [0, 0.1) is 52.3 Å². The van der Waals surface area contributed by atoms with Gasteiger partial charge < -0.3 is 46.1 Å². The minimum absolute atomic E-state index is 0.0716. The zero-order chi connectivity index (χ0) is 60.4. The zero-order valence-corrected chi connectivity index (χ0v) is 51.0. The fourth-order valence-corrected chi connectivity index (χ4v) is 14.9. The Kier molecular flexibility index (Phi) is 22.7. The van der Waals surface area contributed by atoms with Gasteiger partial charge in [0.05, 0.1) is 7.11 Å². The van der Waals surface area contributed by atoms with Crippen molar-refractivity contribution < 1.29 is 64.8 Å². The summed E-state index contributed by atoms with van der Waals surface area (Å²) in [5.41, 5.74) is 7.79. The zero-order valence-electron chi connectivity index (χ0n) is 50.2. The monoisotopic (exact) mass is 1170 g/mol. The number of nitrogens with zero attached hydrogens (tertiary/aromatic N) is 3. The molecule has 22 heteroatoms. The van der Waals surface area contributed by atoms with E-state index in [4.69, 9.17) is 10.5 Å². The van der Waals surface area contributed by atoms with E-state index in [2.05, 4.69) is 66.1 Å². The van der Waals surface area contributed by atoms with Gasteiger partial charge in [0, 0.05) is 38.1 Å². The number of carbonyl (C=O) groups excluding carboxylic acids is 8. The van der Waals surface area contributed by atoms with Crippen molar-refractivity contribution >= 4 is 57.7 Å². The lowest BCUT2D eigenvalue weighted by Crippen LogP contribution is -2.59. The molecule has 7 rings (SSSR count). The van der Waals surface area contributed by atoms with Crippen LogP contribution < -0.4 is 31.6 Å². The van der Waals surface area contributed by atoms with Crippen LogP contribution in [0.2, 0.25) is 0 Å². The Hall–Kier alpha value is -5.48. The minimum atomic E-state index is -4.41. The lowest BCUT2D eigenvalue weighted by atomic mass is 9.47. The lowest BCUT2D eigenvalue weighted by molar-refractivity contribution is -0.673. The molecule has 2 saturated heterocycles. The number of aromatic nitrogens is 1. The van der Waals surface area contributed by atoms with Gasteiger partial charge in [-0.05, 0) is 149 Å². The Labute approximate surface area is 486 Å². The summed E-state index contributed by atoms with van der Waals surface area (Å²) in [6, 6.07) is -0.0612. The van der Waals surface area contributed by atoms with Crippen molar-refractivity contribution in [1.29, 1.82) is 0 Å². The molecule has 6 aliphatic rings. The van der Waals surface area contributed by atoms with Gasteiger partial charge in [-0.3, -0.25) is 42.5 Å². The highest BCUT2D eigenvalue weighted by molar-refractivity contribution is 7.80. The molecule has 3 heterocycles. The predicted octanol–water partition coefficient (Wildman–Crippen LogP) is 4.66. The number of nitrogens with two attached hydrogens (primary N) is 1. The number of likely N-dealkylation sites (tertiary alicyclic amines) is 2. The Balaban J connectivity index is 0.00000171. The molecule has 0 radical (unpaired) electrons. The summed E-state index contributed by atoms with van der Waals surface area (Å²) in [6.45, 7) is 17.8. The molecule has 6 N–H and O–H groups in total. The third-order valence-electron chi connectivity index (χ3n) is 19.2. The minimum Gasteiger partial charge on any atom is -0.726 e. The topological polar surface area (TPSA) is 297 Å². The third kappa shape index (κ3) is 16.2. The van der Waals surface area contributed by atoms with Gasteiger partial charge >= 0.3 is 11.9 Å². The highest BCUT2D eigenvalue weighted by Gasteiger charge is 2.59. The lowest BCUT2D eigenvalue weighted by Gasteiger charge is -2.58. The van der Waals surface area contributed by atoms with E-state index in [9.17, 15) is 51.3 Å². The van der Waals surface area contributed by atoms with Gasteiger partial charge in [-0.1, -0.05) is 73.0 Å². The number of nitrogens with one attached hydrogen (secondary N) is 4. The van der Waals surface area contributed by atoms with Gasteiger partial charge in [-0.25, -0.2) is 8.42 Å². The van der Waals surface area contributed by atoms with Crippen LogP contribution in [0.15, 0.2) is 36.0 Å². The van der Waals surface area contributed by atoms with E-state index >= 15 is 0 Å². The second-order valence-electron chi connectivity index (χ2n) is 25.6. The molecule has 13 atom stereocenters. The quantitative estimate of drug-likeness (QED) is 0.0347. The highest BCUT2D eigenvalue weighted by Crippen LogP contribution is 2.67. The standard InChI is InChI=1S/C59H90N8O9.CH4O4S/c1-35(2)17-18-37(5)42-21-22-43-41-20-19-39-33-40(25-27-58(39,7)44(41)26-28-59(42,43)8)76-51(69)34-61-53(71)48-15-12-31-67(48)57(75)46(32-36(3)4)64-52(70)45(23-24-50(60)68)63-55(73)49-16-13-30-66(49)56(74)38(6)62-54(72)47-14-10-11-29-65(47)9;1-5-6(2,3)4/h10-11,14,19,29,35-38,40-46,48-49H,12-13,15-18,20-28,30-34H2,1-9H3,(H5-,60,61,62,63,64,68,70,71,72,73);1H3,(H,2,3,4)/t37-,38+,40-,41+,42-,43+,44+,45+,46+,48+,49+,58+,59-;/m1./s1. The summed E-state index contributed by atoms with van der Waals surface area (Å²) < 4.78 is 38.7. The number of carbonyl (C=O) groups is 8. The van der Waals surface area contributed by atoms with Crippen LogP contribution in [0.25, 0.3) is 0 Å². The summed E-state index contributed by atoms with van der Waals surface area (Å²) >= 11 is 0. The molecular weight excluding hydrogens is 1070 g/mol. The molecule has 82 heavy (non-hydrogen) atoms. The first-order valence-electron chi connectivity index (χ1n) is 30.0. The molecule has 458 valence electrons. The van der Waals surface area contributed by atoms with Crippen LogP contribution in [0.4, 0.5) is 0 Å². The average Bonchev–Trinajstić information content (AvgIpc) is 2.25. The smallest absolute Gasteiger partial charge is 0.325 e. The first kappa shape index (κ1) is 65.7. The van der Waals surface area contributed by atoms with Crippen molar-refractivity contribution in [2.24, 2.45) is 65.0 Å². The van der Waals surface area contributed by atoms with Gasteiger partial charge in [0.25, 0.3) is 5.69 Å². The predicted molar refractivity (Wildman–Crippen MR) is 304 cm³/mol. The number of aryl methyl sites for hydroxylation is 1. The maximum Gasteiger partial charge on any atom is 0.325 e. The van der Waals surface area contributed by atoms with E-state index in [1.54, 1.807) is 42.9 Å². The van der Waals surface area contributed by atoms with Crippen molar-refractivity contribution in [3.63, 3.8) is 0 Å². The normalized spacial score (nSPS) is 28.2. The number of amides is 7. The maximum atomic E-state index is 14.4. The Bertz CT molecular complexity index is 2630. The molecule has 7 amide bonds. The second kappa shape index (κ2) is 28.4. The molecule has 1 aromatic heterocycles. The van der Waals surface area contributed by atoms with Gasteiger partial charge in [-0.15, -0.1) is 0 Å². The maximum absolute atomic E-state index is 14.4. The molecule has 3 saturated carbocycles. The molecule has 0 aromatic carbocycles. The molecule has 4 aliphatic carbocycles. The van der Waals surface area contributed by atoms with Crippen molar-refractivity contribution in [3.05, 3.63) is 41.7 Å². The fourth-order valence-electron chi connectivity index (χ4n) is 14.9. The SMILES string of the molecule is CC(C)CC[C@@H](C)[C@H]1CC[C@H]2[C@@H]3CC=C4C[C@H](OC(=O)CNC(=O)[C@@H]5CCCN5C(=O)[C@H](CC(C)C)NC(=O)[C@H](CCC(N)=O)NC(=O)[C@@H]5CCCN5C(=O)[C@H](C)NC(=O)c5cccc[n+]5C)CC[C@]4(C)[C@H]3CC[C@]12C.COS(=O)(=O)[O-]. The van der Waals surface area contributed by atoms with Crippen molar-refractivity contribution in [2.45, 2.75) is 201 Å². The second-order valence-corrected chi connectivity index (χ2v) is 26.8. The summed E-state index contributed by atoms with van der Waals surface area (Å²) in [6.07, 6.45) is 16.9. The fraction of sp³-hybridized carbons (Fsp3) is 0.750. The number of allylic oxidation sites excluding steroid dienone is 1. The van der Waals surface area contributed by atoms with Crippen LogP contribution in [-0.2, 0) is 59.9 Å². The van der Waals surface area contributed by atoms with E-state index in [1.165, 1.54) is 53.9 Å². The van der Waals surface area contributed by atoms with E-state index in [-0.39, 0.29) is 56.3 Å². The van der Waals surface area contributed by atoms with Crippen LogP contribution in [0.1, 0.15) is 175 Å². The van der Waals surface area contributed by atoms with Crippen LogP contribution in [0.3, 0.4) is 0 Å². The Morgan fingerprint density at radius 2 is 1.45 bits per heavy atom. The first-order valence-corrected chi connectivity index (χ1v) is 31.3. The van der Waals surface area contributed by atoms with Gasteiger partial charge in [0.1, 0.15) is 49.9 Å². The van der Waals surface area contributed by atoms with Gasteiger partial charge in [0.15, 0.2) is 6.20 Å². The number of fused-ring (bicyclic) bond motifs is 5. The van der Waals surface area contributed by atoms with E-state index in [0.29, 0.717) is 55.0 Å². The number of hydrogen-bond donors (Lipinski definition) is 5. The van der Waals surface area contributed by atoms with E-state index < -0.39 is 87.9 Å². The molecule has 21 nitrogen and oxygen atoms in total. The first-order chi connectivity index (χ1) is 38.6. The number of pyridine rings is 1. The van der Waals surface area contributed by atoms with Crippen LogP contribution in [-0.4, -0.2) is 133 Å². The number of primary amides is 1. The van der Waals surface area contributed by atoms with Gasteiger partial charge in [-0.2, -0.15) is 4.57 Å². The molecule has 1 aromatic rings. The summed E-state index contributed by atoms with van der Waals surface area (Å²) in [5.74, 6) is -0.0718. The summed E-state index contributed by atoms with van der Waals surface area (Å²) in [4.78, 5) is 111. The molecule has 2 aliphatic heterocycles. The van der Waals surface area contributed by atoms with Crippen LogP contribution >= 0.6 is 0 Å². The summed E-state index contributed by atoms with van der Waals surface area (Å²) in [7, 11) is -1.89. The summed E-state index contributed by atoms with van der Waals surface area (Å²) in [5, 5.41) is 11.0. The van der Waals surface area contributed by atoms with E-state index in [1.807, 2.05) is 13.8 Å². The molecule has 0 bridgehead atoms. The molecule has 0 unspecified atom stereocenters. The highest BCUT2D eigenvalue weighted by atomic mass is 32.3. The third-order valence-corrected chi connectivity index (χ3v) is 19.7. The van der Waals surface area contributed by atoms with Crippen LogP contribution in [0.5, 0.6) is 0 Å². The van der Waals surface area contributed by atoms with Crippen molar-refractivity contribution in [2.75, 3.05) is 26.7 Å². The number of esters is 1.